The number of hydrogen-bond acceptors (Lipinski definition) is 7. The molecular formula is C26H23F2N5O5. The summed E-state index contributed by atoms with van der Waals surface area (Å²) in [4.78, 5) is 38.6. The third kappa shape index (κ3) is 4.22. The van der Waals surface area contributed by atoms with Crippen molar-refractivity contribution in [1.29, 1.82) is 0 Å². The molecule has 0 radical (unpaired) electrons. The first-order valence-electron chi connectivity index (χ1n) is 11.6. The van der Waals surface area contributed by atoms with Crippen molar-refractivity contribution in [3.8, 4) is 16.9 Å². The molecule has 4 aromatic rings. The van der Waals surface area contributed by atoms with Crippen molar-refractivity contribution in [3.05, 3.63) is 71.2 Å². The molecule has 1 atom stereocenters. The fourth-order valence-electron chi connectivity index (χ4n) is 4.31. The maximum atomic E-state index is 15.1. The molecular weight excluding hydrogens is 500 g/mol. The fourth-order valence-corrected chi connectivity index (χ4v) is 4.31. The van der Waals surface area contributed by atoms with Crippen LogP contribution in [-0.2, 0) is 16.9 Å². The molecule has 0 unspecified atom stereocenters. The van der Waals surface area contributed by atoms with Gasteiger partial charge >= 0.3 is 5.97 Å². The Morgan fingerprint density at radius 3 is 2.47 bits per heavy atom. The van der Waals surface area contributed by atoms with Crippen molar-refractivity contribution in [2.24, 2.45) is 0 Å². The number of halogens is 2. The predicted octanol–water partition coefficient (Wildman–Crippen LogP) is 3.62. The topological polar surface area (TPSA) is 130 Å². The Hall–Kier alpha value is -4.45. The largest absolute Gasteiger partial charge is 0.478 e. The van der Waals surface area contributed by atoms with Crippen LogP contribution in [0.5, 0.6) is 5.75 Å². The third-order valence-corrected chi connectivity index (χ3v) is 6.30. The maximum absolute atomic E-state index is 15.1. The molecule has 3 aromatic heterocycles. The number of anilines is 1. The number of amides is 1. The van der Waals surface area contributed by atoms with Crippen LogP contribution in [0.15, 0.2) is 36.8 Å². The Kier molecular flexibility index (Phi) is 5.86. The standard InChI is InChI=1S/C26H23F2N5O5/c1-12-20(11-33-19-6-14(24(35)36)5-18(28)22(19)38-13(2)23(33)34)32-10-16(17(27)7-21(32)31-12)15-8-29-25(30-9-15)26(3,4)37/h5-10,13,37H,11H2,1-4H3,(H,35,36)/t13-/m1/s1. The predicted molar refractivity (Wildman–Crippen MR) is 131 cm³/mol. The van der Waals surface area contributed by atoms with Gasteiger partial charge in [-0.2, -0.15) is 0 Å². The number of carboxylic acid groups (broad SMARTS) is 1. The normalized spacial score (nSPS) is 15.5. The highest BCUT2D eigenvalue weighted by atomic mass is 19.1. The van der Waals surface area contributed by atoms with E-state index < -0.39 is 35.2 Å². The molecule has 1 amide bonds. The van der Waals surface area contributed by atoms with Gasteiger partial charge in [0.05, 0.1) is 29.2 Å². The van der Waals surface area contributed by atoms with Crippen LogP contribution < -0.4 is 9.64 Å². The Bertz CT molecular complexity index is 1610. The van der Waals surface area contributed by atoms with Crippen LogP contribution >= 0.6 is 0 Å². The molecule has 1 aliphatic rings. The number of aromatic nitrogens is 4. The van der Waals surface area contributed by atoms with Crippen molar-refractivity contribution in [2.75, 3.05) is 4.90 Å². The van der Waals surface area contributed by atoms with Crippen molar-refractivity contribution < 1.29 is 33.3 Å². The van der Waals surface area contributed by atoms with Crippen LogP contribution in [0.25, 0.3) is 16.8 Å². The average Bonchev–Trinajstić information content (AvgIpc) is 3.14. The summed E-state index contributed by atoms with van der Waals surface area (Å²) in [6, 6.07) is 3.24. The number of carbonyl (C=O) groups is 2. The van der Waals surface area contributed by atoms with Gasteiger partial charge in [0.25, 0.3) is 5.91 Å². The minimum atomic E-state index is -1.36. The van der Waals surface area contributed by atoms with Gasteiger partial charge in [-0.1, -0.05) is 0 Å². The number of carbonyl (C=O) groups excluding carboxylic acids is 1. The number of pyridine rings is 1. The molecule has 0 saturated heterocycles. The molecule has 10 nitrogen and oxygen atoms in total. The van der Waals surface area contributed by atoms with E-state index in [0.717, 1.165) is 6.07 Å². The summed E-state index contributed by atoms with van der Waals surface area (Å²) in [5, 5.41) is 19.5. The van der Waals surface area contributed by atoms with E-state index in [0.29, 0.717) is 17.0 Å². The van der Waals surface area contributed by atoms with Gasteiger partial charge in [0, 0.05) is 35.8 Å². The number of aromatic carboxylic acids is 1. The summed E-state index contributed by atoms with van der Waals surface area (Å²) in [5.41, 5.74) is 0.108. The van der Waals surface area contributed by atoms with Crippen LogP contribution in [0.4, 0.5) is 14.5 Å². The molecule has 4 heterocycles. The van der Waals surface area contributed by atoms with Crippen LogP contribution in [-0.4, -0.2) is 47.5 Å². The van der Waals surface area contributed by atoms with Gasteiger partial charge < -0.3 is 19.4 Å². The smallest absolute Gasteiger partial charge is 0.335 e. The first kappa shape index (κ1) is 25.2. The van der Waals surface area contributed by atoms with Gasteiger partial charge in [-0.25, -0.2) is 28.5 Å². The second-order valence-corrected chi connectivity index (χ2v) is 9.56. The van der Waals surface area contributed by atoms with E-state index in [9.17, 15) is 24.2 Å². The van der Waals surface area contributed by atoms with Crippen LogP contribution in [0.1, 0.15) is 48.3 Å². The lowest BCUT2D eigenvalue weighted by atomic mass is 10.1. The van der Waals surface area contributed by atoms with E-state index in [1.807, 2.05) is 0 Å². The number of aliphatic hydroxyl groups is 1. The van der Waals surface area contributed by atoms with Crippen molar-refractivity contribution in [2.45, 2.75) is 45.9 Å². The molecule has 0 aliphatic carbocycles. The Labute approximate surface area is 215 Å². The van der Waals surface area contributed by atoms with Crippen molar-refractivity contribution in [3.63, 3.8) is 0 Å². The fraction of sp³-hybridized carbons (Fsp3) is 0.269. The van der Waals surface area contributed by atoms with Crippen molar-refractivity contribution in [1.82, 2.24) is 19.4 Å². The lowest BCUT2D eigenvalue weighted by Crippen LogP contribution is -2.44. The Morgan fingerprint density at radius 1 is 1.16 bits per heavy atom. The van der Waals surface area contributed by atoms with Gasteiger partial charge in [-0.05, 0) is 39.8 Å². The van der Waals surface area contributed by atoms with Gasteiger partial charge in [-0.3, -0.25) is 9.69 Å². The minimum absolute atomic E-state index is 0.0298. The molecule has 0 bridgehead atoms. The van der Waals surface area contributed by atoms with E-state index in [1.54, 1.807) is 11.3 Å². The molecule has 38 heavy (non-hydrogen) atoms. The summed E-state index contributed by atoms with van der Waals surface area (Å²) >= 11 is 0. The van der Waals surface area contributed by atoms with Crippen molar-refractivity contribution >= 4 is 23.2 Å². The number of benzene rings is 1. The maximum Gasteiger partial charge on any atom is 0.335 e. The van der Waals surface area contributed by atoms with Gasteiger partial charge in [0.15, 0.2) is 23.5 Å². The number of hydrogen-bond donors (Lipinski definition) is 2. The van der Waals surface area contributed by atoms with Gasteiger partial charge in [0.1, 0.15) is 17.1 Å². The van der Waals surface area contributed by atoms with Crippen LogP contribution in [0.2, 0.25) is 0 Å². The Morgan fingerprint density at radius 2 is 1.84 bits per heavy atom. The molecule has 5 rings (SSSR count). The lowest BCUT2D eigenvalue weighted by Gasteiger charge is -2.33. The molecule has 1 aliphatic heterocycles. The van der Waals surface area contributed by atoms with Gasteiger partial charge in [0.2, 0.25) is 0 Å². The summed E-state index contributed by atoms with van der Waals surface area (Å²) < 4.78 is 36.9. The van der Waals surface area contributed by atoms with Gasteiger partial charge in [-0.15, -0.1) is 0 Å². The summed E-state index contributed by atoms with van der Waals surface area (Å²) in [6.07, 6.45) is 3.26. The molecule has 0 saturated carbocycles. The number of fused-ring (bicyclic) bond motifs is 2. The second-order valence-electron chi connectivity index (χ2n) is 9.56. The first-order chi connectivity index (χ1) is 17.8. The van der Waals surface area contributed by atoms with E-state index in [2.05, 4.69) is 15.0 Å². The summed E-state index contributed by atoms with van der Waals surface area (Å²) in [7, 11) is 0. The van der Waals surface area contributed by atoms with E-state index in [-0.39, 0.29) is 40.6 Å². The Balaban J connectivity index is 1.61. The van der Waals surface area contributed by atoms with Crippen LogP contribution in [0, 0.1) is 18.6 Å². The number of imidazole rings is 1. The highest BCUT2D eigenvalue weighted by molar-refractivity contribution is 6.01. The third-order valence-electron chi connectivity index (χ3n) is 6.30. The average molecular weight is 523 g/mol. The minimum Gasteiger partial charge on any atom is -0.478 e. The number of nitrogens with zero attached hydrogens (tertiary/aromatic N) is 5. The molecule has 12 heteroatoms. The van der Waals surface area contributed by atoms with E-state index in [1.165, 1.54) is 56.4 Å². The molecule has 0 spiro atoms. The van der Waals surface area contributed by atoms with E-state index in [4.69, 9.17) is 4.74 Å². The molecule has 2 N–H and O–H groups in total. The second kappa shape index (κ2) is 8.84. The number of aryl methyl sites for hydroxylation is 1. The SMILES string of the molecule is Cc1nc2cc(F)c(-c3cnc(C(C)(C)O)nc3)cn2c1CN1C(=O)[C@@H](C)Oc2c(F)cc(C(=O)O)cc21. The number of rotatable bonds is 5. The van der Waals surface area contributed by atoms with E-state index >= 15 is 4.39 Å². The lowest BCUT2D eigenvalue weighted by molar-refractivity contribution is -0.125. The number of ether oxygens (including phenoxy) is 1. The first-order valence-corrected chi connectivity index (χ1v) is 11.6. The highest BCUT2D eigenvalue weighted by Gasteiger charge is 2.35. The molecule has 196 valence electrons. The van der Waals surface area contributed by atoms with Crippen LogP contribution in [0.3, 0.4) is 0 Å². The zero-order chi connectivity index (χ0) is 27.5. The number of carboxylic acids is 1. The quantitative estimate of drug-likeness (QED) is 0.406. The molecule has 1 aromatic carbocycles. The monoisotopic (exact) mass is 523 g/mol. The highest BCUT2D eigenvalue weighted by Crippen LogP contribution is 2.39. The molecule has 0 fully saturated rings. The zero-order valence-electron chi connectivity index (χ0n) is 20.9. The zero-order valence-corrected chi connectivity index (χ0v) is 20.9. The summed E-state index contributed by atoms with van der Waals surface area (Å²) in [5.74, 6) is -3.41. The summed E-state index contributed by atoms with van der Waals surface area (Å²) in [6.45, 7) is 6.10.